The average molecular weight is 238 g/mol. The summed E-state index contributed by atoms with van der Waals surface area (Å²) < 4.78 is 72.2. The van der Waals surface area contributed by atoms with Gasteiger partial charge in [0.25, 0.3) is 0 Å². The monoisotopic (exact) mass is 238 g/mol. The van der Waals surface area contributed by atoms with Gasteiger partial charge in [0.15, 0.2) is 6.61 Å². The van der Waals surface area contributed by atoms with E-state index in [1.54, 1.807) is 0 Å². The topological polar surface area (TPSA) is 46.5 Å². The Balaban J connectivity index is 4.27. The number of hydrogen-bond donors (Lipinski definition) is 1. The van der Waals surface area contributed by atoms with Crippen LogP contribution >= 0.6 is 0 Å². The first kappa shape index (κ1) is 13.6. The molecule has 3 nitrogen and oxygen atoms in total. The highest BCUT2D eigenvalue weighted by atomic mass is 19.4. The lowest BCUT2D eigenvalue weighted by Crippen LogP contribution is -2.20. The first-order valence-corrected chi connectivity index (χ1v) is 3.24. The number of allylic oxidation sites excluding steroid dienone is 1. The number of alkyl halides is 6. The zero-order chi connectivity index (χ0) is 12.3. The summed E-state index contributed by atoms with van der Waals surface area (Å²) >= 11 is 0. The minimum absolute atomic E-state index is 0.480. The van der Waals surface area contributed by atoms with Crippen molar-refractivity contribution in [3.05, 3.63) is 11.8 Å². The smallest absolute Gasteiger partial charge is 0.448 e. The van der Waals surface area contributed by atoms with Crippen molar-refractivity contribution in [1.82, 2.24) is 0 Å². The molecule has 0 rings (SSSR count). The number of carbonyl (C=O) groups is 1. The summed E-state index contributed by atoms with van der Waals surface area (Å²) in [6, 6.07) is 0. The van der Waals surface area contributed by atoms with Crippen LogP contribution in [-0.2, 0) is 9.53 Å². The van der Waals surface area contributed by atoms with Gasteiger partial charge in [0.05, 0.1) is 6.08 Å². The molecule has 0 saturated heterocycles. The Morgan fingerprint density at radius 1 is 1.20 bits per heavy atom. The first-order chi connectivity index (χ1) is 6.52. The SMILES string of the molecule is O=C(C=C(O)C(F)(F)F)OCC(F)(F)F. The van der Waals surface area contributed by atoms with E-state index >= 15 is 0 Å². The first-order valence-electron chi connectivity index (χ1n) is 3.24. The standard InChI is InChI=1S/C6H4F6O3/c7-5(8,9)2-15-4(14)1-3(13)6(10,11)12/h1,13H,2H2. The lowest BCUT2D eigenvalue weighted by Gasteiger charge is -2.07. The zero-order valence-electron chi connectivity index (χ0n) is 6.82. The van der Waals surface area contributed by atoms with Crippen molar-refractivity contribution in [2.45, 2.75) is 12.4 Å². The second kappa shape index (κ2) is 4.41. The van der Waals surface area contributed by atoms with E-state index in [-0.39, 0.29) is 0 Å². The molecule has 0 bridgehead atoms. The van der Waals surface area contributed by atoms with E-state index in [1.165, 1.54) is 0 Å². The van der Waals surface area contributed by atoms with Gasteiger partial charge in [-0.1, -0.05) is 0 Å². The zero-order valence-corrected chi connectivity index (χ0v) is 6.82. The lowest BCUT2D eigenvalue weighted by atomic mass is 10.4. The molecular formula is C6H4F6O3. The van der Waals surface area contributed by atoms with Gasteiger partial charge in [-0.3, -0.25) is 0 Å². The molecule has 1 N–H and O–H groups in total. The van der Waals surface area contributed by atoms with E-state index in [1.807, 2.05) is 0 Å². The molecule has 0 aliphatic rings. The van der Waals surface area contributed by atoms with Gasteiger partial charge >= 0.3 is 18.3 Å². The molecule has 0 aliphatic heterocycles. The number of rotatable bonds is 2. The summed E-state index contributed by atoms with van der Waals surface area (Å²) in [5.41, 5.74) is 0. The van der Waals surface area contributed by atoms with Crippen molar-refractivity contribution < 1.29 is 41.0 Å². The molecule has 0 unspecified atom stereocenters. The molecule has 0 spiro atoms. The van der Waals surface area contributed by atoms with Crippen molar-refractivity contribution in [3.63, 3.8) is 0 Å². The largest absolute Gasteiger partial charge is 0.504 e. The van der Waals surface area contributed by atoms with Crippen LogP contribution in [0.4, 0.5) is 26.3 Å². The molecule has 0 saturated carbocycles. The number of esters is 1. The van der Waals surface area contributed by atoms with Gasteiger partial charge in [0.2, 0.25) is 5.76 Å². The van der Waals surface area contributed by atoms with Crippen LogP contribution < -0.4 is 0 Å². The van der Waals surface area contributed by atoms with E-state index in [4.69, 9.17) is 5.11 Å². The van der Waals surface area contributed by atoms with Crippen molar-refractivity contribution in [2.75, 3.05) is 6.61 Å². The molecule has 0 fully saturated rings. The van der Waals surface area contributed by atoms with E-state index in [0.717, 1.165) is 0 Å². The number of carbonyl (C=O) groups excluding carboxylic acids is 1. The highest BCUT2D eigenvalue weighted by Crippen LogP contribution is 2.23. The normalized spacial score (nSPS) is 13.9. The van der Waals surface area contributed by atoms with E-state index < -0.39 is 36.8 Å². The number of aliphatic hydroxyl groups excluding tert-OH is 1. The fourth-order valence-electron chi connectivity index (χ4n) is 0.388. The predicted octanol–water partition coefficient (Wildman–Crippen LogP) is 2.10. The Hall–Kier alpha value is -1.41. The third kappa shape index (κ3) is 6.63. The van der Waals surface area contributed by atoms with Crippen LogP contribution in [-0.4, -0.2) is 30.0 Å². The summed E-state index contributed by atoms with van der Waals surface area (Å²) in [5, 5.41) is 8.14. The maximum atomic E-state index is 11.5. The average Bonchev–Trinajstić information content (AvgIpc) is 1.97. The highest BCUT2D eigenvalue weighted by Gasteiger charge is 2.35. The van der Waals surface area contributed by atoms with E-state index in [2.05, 4.69) is 4.74 Å². The molecule has 9 heteroatoms. The molecule has 0 amide bonds. The molecule has 0 heterocycles. The maximum Gasteiger partial charge on any atom is 0.448 e. The summed E-state index contributed by atoms with van der Waals surface area (Å²) in [6.07, 6.45) is -10.5. The van der Waals surface area contributed by atoms with Crippen LogP contribution in [0.25, 0.3) is 0 Å². The van der Waals surface area contributed by atoms with Gasteiger partial charge in [0, 0.05) is 0 Å². The van der Waals surface area contributed by atoms with Crippen molar-refractivity contribution in [1.29, 1.82) is 0 Å². The van der Waals surface area contributed by atoms with Gasteiger partial charge in [-0.2, -0.15) is 26.3 Å². The summed E-state index contributed by atoms with van der Waals surface area (Å²) in [5.74, 6) is -4.25. The molecule has 88 valence electrons. The van der Waals surface area contributed by atoms with Crippen molar-refractivity contribution >= 4 is 5.97 Å². The van der Waals surface area contributed by atoms with Crippen LogP contribution in [0, 0.1) is 0 Å². The van der Waals surface area contributed by atoms with Gasteiger partial charge in [-0.15, -0.1) is 0 Å². The second-order valence-electron chi connectivity index (χ2n) is 2.25. The summed E-state index contributed by atoms with van der Waals surface area (Å²) in [4.78, 5) is 10.3. The third-order valence-electron chi connectivity index (χ3n) is 0.923. The molecular weight excluding hydrogens is 234 g/mol. The maximum absolute atomic E-state index is 11.5. The van der Waals surface area contributed by atoms with Gasteiger partial charge in [-0.05, 0) is 0 Å². The van der Waals surface area contributed by atoms with Crippen molar-refractivity contribution in [3.8, 4) is 0 Å². The van der Waals surface area contributed by atoms with Crippen LogP contribution in [0.2, 0.25) is 0 Å². The van der Waals surface area contributed by atoms with Gasteiger partial charge in [0.1, 0.15) is 0 Å². The third-order valence-corrected chi connectivity index (χ3v) is 0.923. The van der Waals surface area contributed by atoms with E-state index in [9.17, 15) is 31.1 Å². The molecule has 0 radical (unpaired) electrons. The molecule has 15 heavy (non-hydrogen) atoms. The second-order valence-corrected chi connectivity index (χ2v) is 2.25. The minimum Gasteiger partial charge on any atom is -0.504 e. The fraction of sp³-hybridized carbons (Fsp3) is 0.500. The van der Waals surface area contributed by atoms with Gasteiger partial charge in [-0.25, -0.2) is 4.79 Å². The van der Waals surface area contributed by atoms with Crippen LogP contribution in [0.5, 0.6) is 0 Å². The number of aliphatic hydroxyl groups is 1. The number of halogens is 6. The van der Waals surface area contributed by atoms with Crippen LogP contribution in [0.15, 0.2) is 11.8 Å². The molecule has 0 aromatic rings. The molecule has 0 aromatic carbocycles. The summed E-state index contributed by atoms with van der Waals surface area (Å²) in [7, 11) is 0. The van der Waals surface area contributed by atoms with Crippen LogP contribution in [0.3, 0.4) is 0 Å². The fourth-order valence-corrected chi connectivity index (χ4v) is 0.388. The number of hydrogen-bond acceptors (Lipinski definition) is 3. The molecule has 0 aromatic heterocycles. The van der Waals surface area contributed by atoms with Crippen LogP contribution in [0.1, 0.15) is 0 Å². The molecule has 0 aliphatic carbocycles. The lowest BCUT2D eigenvalue weighted by molar-refractivity contribution is -0.183. The quantitative estimate of drug-likeness (QED) is 0.347. The Labute approximate surface area is 78.9 Å². The summed E-state index contributed by atoms with van der Waals surface area (Å²) in [6.45, 7) is -2.02. The predicted molar refractivity (Wildman–Crippen MR) is 33.8 cm³/mol. The minimum atomic E-state index is -5.20. The Morgan fingerprint density at radius 2 is 1.67 bits per heavy atom. The Bertz CT molecular complexity index is 263. The Morgan fingerprint density at radius 3 is 2.00 bits per heavy atom. The van der Waals surface area contributed by atoms with Gasteiger partial charge < -0.3 is 9.84 Å². The highest BCUT2D eigenvalue weighted by molar-refractivity contribution is 5.82. The Kier molecular flexibility index (Phi) is 3.99. The number of ether oxygens (including phenoxy) is 1. The van der Waals surface area contributed by atoms with E-state index in [0.29, 0.717) is 0 Å². The molecule has 0 atom stereocenters. The van der Waals surface area contributed by atoms with Crippen molar-refractivity contribution in [2.24, 2.45) is 0 Å².